The Morgan fingerprint density at radius 2 is 2.05 bits per heavy atom. The van der Waals surface area contributed by atoms with Crippen LogP contribution in [0.2, 0.25) is 10.0 Å². The number of hydrogen-bond acceptors (Lipinski definition) is 4. The summed E-state index contributed by atoms with van der Waals surface area (Å²) in [4.78, 5) is 12.1. The van der Waals surface area contributed by atoms with Crippen molar-refractivity contribution in [2.45, 2.75) is 13.2 Å². The fourth-order valence-electron chi connectivity index (χ4n) is 2.21. The Labute approximate surface area is 137 Å². The highest BCUT2D eigenvalue weighted by molar-refractivity contribution is 6.33. The van der Waals surface area contributed by atoms with Crippen LogP contribution >= 0.6 is 23.2 Å². The number of rotatable bonds is 3. The molecular formula is C16H12Cl2O4. The number of fused-ring (bicyclic) bond motifs is 1. The SMILES string of the molecule is O=C(OCc1cc(Cl)cc2c1OCOC2)c1ccccc1Cl. The normalized spacial score (nSPS) is 13.2. The molecule has 0 atom stereocenters. The fraction of sp³-hybridized carbons (Fsp3) is 0.188. The van der Waals surface area contributed by atoms with Gasteiger partial charge >= 0.3 is 5.97 Å². The molecule has 0 saturated heterocycles. The van der Waals surface area contributed by atoms with Crippen LogP contribution in [0.15, 0.2) is 36.4 Å². The van der Waals surface area contributed by atoms with E-state index in [-0.39, 0.29) is 13.4 Å². The molecule has 0 saturated carbocycles. The zero-order valence-electron chi connectivity index (χ0n) is 11.5. The lowest BCUT2D eigenvalue weighted by atomic mass is 10.1. The predicted molar refractivity (Wildman–Crippen MR) is 82.3 cm³/mol. The van der Waals surface area contributed by atoms with Crippen molar-refractivity contribution >= 4 is 29.2 Å². The third kappa shape index (κ3) is 3.19. The number of carbonyl (C=O) groups is 1. The van der Waals surface area contributed by atoms with Crippen molar-refractivity contribution < 1.29 is 19.0 Å². The first-order valence-corrected chi connectivity index (χ1v) is 7.34. The molecule has 1 aliphatic rings. The Kier molecular flexibility index (Phi) is 4.52. The van der Waals surface area contributed by atoms with Gasteiger partial charge < -0.3 is 14.2 Å². The molecule has 0 bridgehead atoms. The van der Waals surface area contributed by atoms with Crippen LogP contribution < -0.4 is 4.74 Å². The van der Waals surface area contributed by atoms with Crippen LogP contribution in [0.4, 0.5) is 0 Å². The number of ether oxygens (including phenoxy) is 3. The maximum Gasteiger partial charge on any atom is 0.339 e. The van der Waals surface area contributed by atoms with Crippen molar-refractivity contribution in [3.8, 4) is 5.75 Å². The Hall–Kier alpha value is -1.75. The highest BCUT2D eigenvalue weighted by Crippen LogP contribution is 2.32. The van der Waals surface area contributed by atoms with Gasteiger partial charge in [-0.25, -0.2) is 4.79 Å². The van der Waals surface area contributed by atoms with Crippen LogP contribution in [0.25, 0.3) is 0 Å². The molecule has 4 nitrogen and oxygen atoms in total. The first kappa shape index (κ1) is 15.2. The van der Waals surface area contributed by atoms with Gasteiger partial charge in [0.2, 0.25) is 0 Å². The van der Waals surface area contributed by atoms with Gasteiger partial charge in [0, 0.05) is 16.1 Å². The van der Waals surface area contributed by atoms with E-state index in [2.05, 4.69) is 0 Å². The molecule has 0 aliphatic carbocycles. The molecule has 1 aliphatic heterocycles. The summed E-state index contributed by atoms with van der Waals surface area (Å²) in [6.45, 7) is 0.633. The van der Waals surface area contributed by atoms with E-state index in [0.29, 0.717) is 33.5 Å². The fourth-order valence-corrected chi connectivity index (χ4v) is 2.69. The summed E-state index contributed by atoms with van der Waals surface area (Å²) in [6.07, 6.45) is 0. The average Bonchev–Trinajstić information content (AvgIpc) is 2.52. The van der Waals surface area contributed by atoms with Crippen molar-refractivity contribution in [1.82, 2.24) is 0 Å². The summed E-state index contributed by atoms with van der Waals surface area (Å²) in [5, 5.41) is 0.891. The van der Waals surface area contributed by atoms with Crippen LogP contribution in [0, 0.1) is 0 Å². The molecular weight excluding hydrogens is 327 g/mol. The number of benzene rings is 2. The maximum atomic E-state index is 12.1. The summed E-state index contributed by atoms with van der Waals surface area (Å²) in [6, 6.07) is 10.2. The lowest BCUT2D eigenvalue weighted by molar-refractivity contribution is -0.0180. The molecule has 0 aromatic heterocycles. The molecule has 0 fully saturated rings. The number of esters is 1. The van der Waals surface area contributed by atoms with E-state index in [1.54, 1.807) is 36.4 Å². The second-order valence-corrected chi connectivity index (χ2v) is 5.56. The second kappa shape index (κ2) is 6.57. The minimum Gasteiger partial charge on any atom is -0.467 e. The molecule has 0 radical (unpaired) electrons. The topological polar surface area (TPSA) is 44.8 Å². The highest BCUT2D eigenvalue weighted by Gasteiger charge is 2.18. The summed E-state index contributed by atoms with van der Waals surface area (Å²) in [5.41, 5.74) is 1.86. The third-order valence-electron chi connectivity index (χ3n) is 3.20. The van der Waals surface area contributed by atoms with Gasteiger partial charge in [-0.15, -0.1) is 0 Å². The third-order valence-corrected chi connectivity index (χ3v) is 3.75. The summed E-state index contributed by atoms with van der Waals surface area (Å²) < 4.78 is 16.0. The Morgan fingerprint density at radius 1 is 1.23 bits per heavy atom. The van der Waals surface area contributed by atoms with Crippen LogP contribution in [0.1, 0.15) is 21.5 Å². The van der Waals surface area contributed by atoms with Crippen molar-refractivity contribution in [1.29, 1.82) is 0 Å². The van der Waals surface area contributed by atoms with Crippen molar-refractivity contribution in [2.75, 3.05) is 6.79 Å². The van der Waals surface area contributed by atoms with Gasteiger partial charge in [-0.05, 0) is 24.3 Å². The molecule has 0 N–H and O–H groups in total. The Morgan fingerprint density at radius 3 is 2.86 bits per heavy atom. The molecule has 1 heterocycles. The highest BCUT2D eigenvalue weighted by atomic mass is 35.5. The van der Waals surface area contributed by atoms with E-state index in [4.69, 9.17) is 37.4 Å². The molecule has 0 unspecified atom stereocenters. The number of carbonyl (C=O) groups excluding carboxylic acids is 1. The number of hydrogen-bond donors (Lipinski definition) is 0. The average molecular weight is 339 g/mol. The zero-order chi connectivity index (χ0) is 15.5. The summed E-state index contributed by atoms with van der Waals surface area (Å²) >= 11 is 12.0. The van der Waals surface area contributed by atoms with Gasteiger partial charge in [-0.1, -0.05) is 35.3 Å². The molecule has 2 aromatic rings. The lowest BCUT2D eigenvalue weighted by Crippen LogP contribution is -2.14. The molecule has 114 valence electrons. The standard InChI is InChI=1S/C16H12Cl2O4/c17-12-5-10-7-20-9-22-15(10)11(6-12)8-21-16(19)13-3-1-2-4-14(13)18/h1-6H,7-9H2. The van der Waals surface area contributed by atoms with E-state index < -0.39 is 5.97 Å². The minimum atomic E-state index is -0.494. The van der Waals surface area contributed by atoms with Gasteiger partial charge in [0.15, 0.2) is 6.79 Å². The Balaban J connectivity index is 1.78. The maximum absolute atomic E-state index is 12.1. The second-order valence-electron chi connectivity index (χ2n) is 4.72. The molecule has 0 spiro atoms. The summed E-state index contributed by atoms with van der Waals surface area (Å²) in [5.74, 6) is 0.161. The molecule has 6 heteroatoms. The molecule has 2 aromatic carbocycles. The van der Waals surface area contributed by atoms with Crippen LogP contribution in [-0.2, 0) is 22.7 Å². The molecule has 0 amide bonds. The minimum absolute atomic E-state index is 0.0486. The van der Waals surface area contributed by atoms with Gasteiger partial charge in [0.05, 0.1) is 17.2 Å². The van der Waals surface area contributed by atoms with Gasteiger partial charge in [0.25, 0.3) is 0 Å². The molecule has 22 heavy (non-hydrogen) atoms. The molecule has 3 rings (SSSR count). The van der Waals surface area contributed by atoms with Crippen molar-refractivity contribution in [3.63, 3.8) is 0 Å². The van der Waals surface area contributed by atoms with Crippen molar-refractivity contribution in [2.24, 2.45) is 0 Å². The zero-order valence-corrected chi connectivity index (χ0v) is 13.0. The summed E-state index contributed by atoms with van der Waals surface area (Å²) in [7, 11) is 0. The van der Waals surface area contributed by atoms with E-state index in [0.717, 1.165) is 5.56 Å². The quantitative estimate of drug-likeness (QED) is 0.786. The van der Waals surface area contributed by atoms with Crippen LogP contribution in [-0.4, -0.2) is 12.8 Å². The largest absolute Gasteiger partial charge is 0.467 e. The van der Waals surface area contributed by atoms with Crippen molar-refractivity contribution in [3.05, 3.63) is 63.1 Å². The van der Waals surface area contributed by atoms with E-state index in [9.17, 15) is 4.79 Å². The van der Waals surface area contributed by atoms with Gasteiger partial charge in [-0.2, -0.15) is 0 Å². The Bertz CT molecular complexity index is 715. The number of halogens is 2. The van der Waals surface area contributed by atoms with Gasteiger partial charge in [0.1, 0.15) is 12.4 Å². The van der Waals surface area contributed by atoms with Crippen LogP contribution in [0.3, 0.4) is 0 Å². The van der Waals surface area contributed by atoms with E-state index >= 15 is 0 Å². The predicted octanol–water partition coefficient (Wildman–Crippen LogP) is 4.22. The lowest BCUT2D eigenvalue weighted by Gasteiger charge is -2.21. The van der Waals surface area contributed by atoms with Crippen LogP contribution in [0.5, 0.6) is 5.75 Å². The van der Waals surface area contributed by atoms with E-state index in [1.165, 1.54) is 0 Å². The monoisotopic (exact) mass is 338 g/mol. The van der Waals surface area contributed by atoms with E-state index in [1.807, 2.05) is 0 Å². The first-order valence-electron chi connectivity index (χ1n) is 6.58. The first-order chi connectivity index (χ1) is 10.6. The smallest absolute Gasteiger partial charge is 0.339 e. The van der Waals surface area contributed by atoms with Gasteiger partial charge in [-0.3, -0.25) is 0 Å².